The van der Waals surface area contributed by atoms with Crippen LogP contribution in [0.2, 0.25) is 10.0 Å². The highest BCUT2D eigenvalue weighted by atomic mass is 35.5. The van der Waals surface area contributed by atoms with Crippen molar-refractivity contribution in [3.63, 3.8) is 0 Å². The Morgan fingerprint density at radius 2 is 1.72 bits per heavy atom. The van der Waals surface area contributed by atoms with Gasteiger partial charge in [0.25, 0.3) is 0 Å². The minimum Gasteiger partial charge on any atom is -0.492 e. The molecule has 10 heteroatoms. The SMILES string of the molecule is COc1c(C(=O)CN2CCS(=O)(=O)CC2)nn(-c2ccccc2Cl)c1-c1ccc(Cl)cc1. The molecule has 0 unspecified atom stereocenters. The van der Waals surface area contributed by atoms with Crippen molar-refractivity contribution >= 4 is 38.8 Å². The summed E-state index contributed by atoms with van der Waals surface area (Å²) in [7, 11) is -1.55. The van der Waals surface area contributed by atoms with Gasteiger partial charge in [-0.3, -0.25) is 9.69 Å². The Hall–Kier alpha value is -2.39. The predicted octanol–water partition coefficient (Wildman–Crippen LogP) is 3.77. The molecule has 4 rings (SSSR count). The molecule has 0 N–H and O–H groups in total. The van der Waals surface area contributed by atoms with E-state index in [2.05, 4.69) is 5.10 Å². The van der Waals surface area contributed by atoms with Gasteiger partial charge < -0.3 is 4.74 Å². The maximum Gasteiger partial charge on any atom is 0.200 e. The molecule has 2 heterocycles. The van der Waals surface area contributed by atoms with Crippen LogP contribution in [-0.2, 0) is 9.84 Å². The number of methoxy groups -OCH3 is 1. The Bertz CT molecular complexity index is 1240. The van der Waals surface area contributed by atoms with Crippen molar-refractivity contribution in [1.82, 2.24) is 14.7 Å². The average Bonchev–Trinajstić information content (AvgIpc) is 3.15. The molecule has 0 radical (unpaired) electrons. The molecule has 32 heavy (non-hydrogen) atoms. The average molecular weight is 494 g/mol. The van der Waals surface area contributed by atoms with E-state index in [4.69, 9.17) is 27.9 Å². The van der Waals surface area contributed by atoms with Crippen molar-refractivity contribution in [3.05, 3.63) is 64.3 Å². The van der Waals surface area contributed by atoms with E-state index in [9.17, 15) is 13.2 Å². The van der Waals surface area contributed by atoms with Crippen molar-refractivity contribution in [1.29, 1.82) is 0 Å². The van der Waals surface area contributed by atoms with Crippen LogP contribution in [0.1, 0.15) is 10.5 Å². The number of Topliss-reactive ketones (excluding diaryl/α,β-unsaturated/α-hetero) is 1. The zero-order valence-corrected chi connectivity index (χ0v) is 19.6. The summed E-state index contributed by atoms with van der Waals surface area (Å²) in [5.41, 5.74) is 2.08. The standard InChI is InChI=1S/C22H21Cl2N3O4S/c1-31-22-20(19(28)14-26-10-12-32(29,30)13-11-26)25-27(18-5-3-2-4-17(18)24)21(22)15-6-8-16(23)9-7-15/h2-9H,10-14H2,1H3. The van der Waals surface area contributed by atoms with Gasteiger partial charge in [-0.2, -0.15) is 5.10 Å². The zero-order chi connectivity index (χ0) is 22.9. The number of carbonyl (C=O) groups excluding carboxylic acids is 1. The number of sulfone groups is 1. The number of aromatic nitrogens is 2. The number of ketones is 1. The highest BCUT2D eigenvalue weighted by molar-refractivity contribution is 7.91. The lowest BCUT2D eigenvalue weighted by Crippen LogP contribution is -2.42. The number of para-hydroxylation sites is 1. The van der Waals surface area contributed by atoms with Crippen molar-refractivity contribution < 1.29 is 17.9 Å². The van der Waals surface area contributed by atoms with Gasteiger partial charge in [0.15, 0.2) is 21.3 Å². The molecule has 168 valence electrons. The lowest BCUT2D eigenvalue weighted by atomic mass is 10.1. The van der Waals surface area contributed by atoms with E-state index in [1.807, 2.05) is 29.2 Å². The van der Waals surface area contributed by atoms with Crippen LogP contribution in [0.15, 0.2) is 48.5 Å². The zero-order valence-electron chi connectivity index (χ0n) is 17.3. The maximum absolute atomic E-state index is 13.2. The van der Waals surface area contributed by atoms with Gasteiger partial charge in [-0.1, -0.05) is 47.5 Å². The molecule has 1 saturated heterocycles. The molecule has 0 aliphatic carbocycles. The maximum atomic E-state index is 13.2. The first-order valence-electron chi connectivity index (χ1n) is 9.93. The van der Waals surface area contributed by atoms with E-state index in [1.54, 1.807) is 28.9 Å². The summed E-state index contributed by atoms with van der Waals surface area (Å²) >= 11 is 12.5. The molecule has 0 atom stereocenters. The lowest BCUT2D eigenvalue weighted by molar-refractivity contribution is 0.0927. The summed E-state index contributed by atoms with van der Waals surface area (Å²) in [6.45, 7) is 0.669. The van der Waals surface area contributed by atoms with Crippen LogP contribution in [0.4, 0.5) is 0 Å². The molecule has 1 aliphatic heterocycles. The van der Waals surface area contributed by atoms with Crippen molar-refractivity contribution in [2.75, 3.05) is 38.2 Å². The fraction of sp³-hybridized carbons (Fsp3) is 0.273. The van der Waals surface area contributed by atoms with Gasteiger partial charge in [-0.25, -0.2) is 13.1 Å². The minimum atomic E-state index is -3.03. The molecule has 7 nitrogen and oxygen atoms in total. The summed E-state index contributed by atoms with van der Waals surface area (Å²) < 4.78 is 30.6. The molecule has 0 spiro atoms. The Labute approximate surface area is 196 Å². The van der Waals surface area contributed by atoms with E-state index in [0.717, 1.165) is 5.56 Å². The third-order valence-electron chi connectivity index (χ3n) is 5.31. The number of benzene rings is 2. The first-order valence-corrected chi connectivity index (χ1v) is 12.5. The second kappa shape index (κ2) is 9.23. The van der Waals surface area contributed by atoms with Crippen LogP contribution in [0.25, 0.3) is 16.9 Å². The number of nitrogens with zero attached hydrogens (tertiary/aromatic N) is 3. The van der Waals surface area contributed by atoms with Crippen LogP contribution in [-0.4, -0.2) is 67.1 Å². The second-order valence-electron chi connectivity index (χ2n) is 7.45. The smallest absolute Gasteiger partial charge is 0.200 e. The van der Waals surface area contributed by atoms with Gasteiger partial charge in [0.05, 0.1) is 35.9 Å². The van der Waals surface area contributed by atoms with Crippen molar-refractivity contribution in [3.8, 4) is 22.7 Å². The molecular weight excluding hydrogens is 473 g/mol. The highest BCUT2D eigenvalue weighted by Gasteiger charge is 2.29. The number of ether oxygens (including phenoxy) is 1. The molecule has 1 aromatic heterocycles. The summed E-state index contributed by atoms with van der Waals surface area (Å²) in [5, 5.41) is 5.63. The van der Waals surface area contributed by atoms with Crippen LogP contribution in [0, 0.1) is 0 Å². The molecule has 0 bridgehead atoms. The monoisotopic (exact) mass is 493 g/mol. The van der Waals surface area contributed by atoms with E-state index >= 15 is 0 Å². The fourth-order valence-electron chi connectivity index (χ4n) is 3.62. The van der Waals surface area contributed by atoms with Crippen LogP contribution in [0.3, 0.4) is 0 Å². The largest absolute Gasteiger partial charge is 0.492 e. The molecule has 2 aromatic carbocycles. The molecule has 0 saturated carbocycles. The third-order valence-corrected chi connectivity index (χ3v) is 7.49. The topological polar surface area (TPSA) is 81.5 Å². The number of hydrogen-bond donors (Lipinski definition) is 0. The molecule has 1 aliphatic rings. The number of halogens is 2. The van der Waals surface area contributed by atoms with E-state index in [-0.39, 0.29) is 29.5 Å². The van der Waals surface area contributed by atoms with Gasteiger partial charge in [0.2, 0.25) is 5.78 Å². The minimum absolute atomic E-state index is 0.0432. The number of hydrogen-bond acceptors (Lipinski definition) is 6. The number of rotatable bonds is 6. The normalized spacial score (nSPS) is 16.1. The Morgan fingerprint density at radius 1 is 1.06 bits per heavy atom. The van der Waals surface area contributed by atoms with E-state index < -0.39 is 9.84 Å². The first kappa shape index (κ1) is 22.8. The third kappa shape index (κ3) is 4.68. The second-order valence-corrected chi connectivity index (χ2v) is 10.6. The van der Waals surface area contributed by atoms with Crippen molar-refractivity contribution in [2.24, 2.45) is 0 Å². The van der Waals surface area contributed by atoms with E-state index in [0.29, 0.717) is 40.3 Å². The Kier molecular flexibility index (Phi) is 6.57. The summed E-state index contributed by atoms with van der Waals surface area (Å²) in [6, 6.07) is 14.3. The Balaban J connectivity index is 1.78. The van der Waals surface area contributed by atoms with Crippen LogP contribution >= 0.6 is 23.2 Å². The molecular formula is C22H21Cl2N3O4S. The van der Waals surface area contributed by atoms with Gasteiger partial charge in [0, 0.05) is 23.7 Å². The summed E-state index contributed by atoms with van der Waals surface area (Å²) in [6.07, 6.45) is 0. The van der Waals surface area contributed by atoms with Gasteiger partial charge in [-0.05, 0) is 24.3 Å². The van der Waals surface area contributed by atoms with Gasteiger partial charge >= 0.3 is 0 Å². The van der Waals surface area contributed by atoms with Gasteiger partial charge in [-0.15, -0.1) is 0 Å². The Morgan fingerprint density at radius 3 is 2.34 bits per heavy atom. The van der Waals surface area contributed by atoms with Crippen LogP contribution < -0.4 is 4.74 Å². The molecule has 0 amide bonds. The predicted molar refractivity (Wildman–Crippen MR) is 125 cm³/mol. The first-order chi connectivity index (χ1) is 15.3. The molecule has 1 fully saturated rings. The summed E-state index contributed by atoms with van der Waals surface area (Å²) in [5.74, 6) is 0.146. The quantitative estimate of drug-likeness (QED) is 0.486. The van der Waals surface area contributed by atoms with Crippen LogP contribution in [0.5, 0.6) is 5.75 Å². The highest BCUT2D eigenvalue weighted by Crippen LogP contribution is 2.37. The van der Waals surface area contributed by atoms with Crippen molar-refractivity contribution in [2.45, 2.75) is 0 Å². The summed E-state index contributed by atoms with van der Waals surface area (Å²) in [4.78, 5) is 15.0. The number of carbonyl (C=O) groups is 1. The molecule has 3 aromatic rings. The fourth-order valence-corrected chi connectivity index (χ4v) is 5.24. The van der Waals surface area contributed by atoms with Gasteiger partial charge in [0.1, 0.15) is 5.69 Å². The lowest BCUT2D eigenvalue weighted by Gasteiger charge is -2.25. The van der Waals surface area contributed by atoms with E-state index in [1.165, 1.54) is 7.11 Å².